The van der Waals surface area contributed by atoms with Gasteiger partial charge in [0.05, 0.1) is 11.6 Å². The standard InChI is InChI=1S/C18H15Br2ClN2O2/c1-10-14(21)3-2-4-16(10)23-9-11(7-17(23)24)18(25)22-15-6-5-12(19)8-13(15)20/h2-6,8,11H,7,9H2,1H3,(H,22,25)/t11-/m1/s1. The number of nitrogens with one attached hydrogen (secondary N) is 1. The Morgan fingerprint density at radius 3 is 2.76 bits per heavy atom. The summed E-state index contributed by atoms with van der Waals surface area (Å²) in [4.78, 5) is 26.6. The fraction of sp³-hybridized carbons (Fsp3) is 0.222. The van der Waals surface area contributed by atoms with E-state index in [-0.39, 0.29) is 18.2 Å². The SMILES string of the molecule is Cc1c(Cl)cccc1N1C[C@H](C(=O)Nc2ccc(Br)cc2Br)CC1=O. The molecule has 1 aliphatic rings. The first-order chi connectivity index (χ1) is 11.9. The number of hydrogen-bond acceptors (Lipinski definition) is 2. The van der Waals surface area contributed by atoms with Gasteiger partial charge in [-0.05, 0) is 58.7 Å². The third-order valence-electron chi connectivity index (χ3n) is 4.21. The first-order valence-electron chi connectivity index (χ1n) is 7.68. The molecule has 2 amide bonds. The highest BCUT2D eigenvalue weighted by Gasteiger charge is 2.36. The van der Waals surface area contributed by atoms with Crippen LogP contribution in [0.15, 0.2) is 45.3 Å². The van der Waals surface area contributed by atoms with Gasteiger partial charge in [0.25, 0.3) is 0 Å². The van der Waals surface area contributed by atoms with Gasteiger partial charge in [-0.3, -0.25) is 9.59 Å². The van der Waals surface area contributed by atoms with Crippen LogP contribution in [-0.2, 0) is 9.59 Å². The molecule has 1 aliphatic heterocycles. The summed E-state index contributed by atoms with van der Waals surface area (Å²) in [5, 5.41) is 3.49. The molecule has 25 heavy (non-hydrogen) atoms. The molecule has 0 spiro atoms. The molecule has 2 aromatic carbocycles. The molecule has 1 atom stereocenters. The average molecular weight is 487 g/mol. The molecule has 0 bridgehead atoms. The third kappa shape index (κ3) is 3.91. The highest BCUT2D eigenvalue weighted by atomic mass is 79.9. The van der Waals surface area contributed by atoms with Gasteiger partial charge in [-0.25, -0.2) is 0 Å². The van der Waals surface area contributed by atoms with E-state index in [0.717, 1.165) is 20.2 Å². The number of halogens is 3. The maximum Gasteiger partial charge on any atom is 0.229 e. The van der Waals surface area contributed by atoms with Crippen molar-refractivity contribution >= 4 is 66.6 Å². The Kier molecular flexibility index (Phi) is 5.51. The molecule has 1 N–H and O–H groups in total. The van der Waals surface area contributed by atoms with Crippen LogP contribution in [0.5, 0.6) is 0 Å². The summed E-state index contributed by atoms with van der Waals surface area (Å²) in [5.74, 6) is -0.639. The first-order valence-corrected chi connectivity index (χ1v) is 9.64. The number of hydrogen-bond donors (Lipinski definition) is 1. The molecular formula is C18H15Br2ClN2O2. The van der Waals surface area contributed by atoms with Crippen LogP contribution < -0.4 is 10.2 Å². The predicted molar refractivity (Wildman–Crippen MR) is 107 cm³/mol. The number of carbonyl (C=O) groups excluding carboxylic acids is 2. The highest BCUT2D eigenvalue weighted by molar-refractivity contribution is 9.11. The van der Waals surface area contributed by atoms with Gasteiger partial charge in [0.15, 0.2) is 0 Å². The Hall–Kier alpha value is -1.37. The maximum absolute atomic E-state index is 12.6. The van der Waals surface area contributed by atoms with Gasteiger partial charge < -0.3 is 10.2 Å². The van der Waals surface area contributed by atoms with Gasteiger partial charge in [-0.2, -0.15) is 0 Å². The number of amides is 2. The van der Waals surface area contributed by atoms with Crippen molar-refractivity contribution in [2.24, 2.45) is 5.92 Å². The number of benzene rings is 2. The van der Waals surface area contributed by atoms with Crippen molar-refractivity contribution in [3.8, 4) is 0 Å². The summed E-state index contributed by atoms with van der Waals surface area (Å²) < 4.78 is 1.69. The Morgan fingerprint density at radius 2 is 2.04 bits per heavy atom. The summed E-state index contributed by atoms with van der Waals surface area (Å²) >= 11 is 13.0. The minimum Gasteiger partial charge on any atom is -0.325 e. The lowest BCUT2D eigenvalue weighted by molar-refractivity contribution is -0.122. The normalized spacial score (nSPS) is 17.0. The lowest BCUT2D eigenvalue weighted by atomic mass is 10.1. The lowest BCUT2D eigenvalue weighted by Crippen LogP contribution is -2.28. The number of carbonyl (C=O) groups is 2. The average Bonchev–Trinajstić information content (AvgIpc) is 2.94. The molecule has 1 fully saturated rings. The van der Waals surface area contributed by atoms with E-state index >= 15 is 0 Å². The van der Waals surface area contributed by atoms with Crippen molar-refractivity contribution in [1.82, 2.24) is 0 Å². The van der Waals surface area contributed by atoms with E-state index in [1.54, 1.807) is 11.0 Å². The molecule has 0 aromatic heterocycles. The monoisotopic (exact) mass is 484 g/mol. The van der Waals surface area contributed by atoms with Crippen LogP contribution in [0.3, 0.4) is 0 Å². The Morgan fingerprint density at radius 1 is 1.28 bits per heavy atom. The molecule has 0 unspecified atom stereocenters. The zero-order chi connectivity index (χ0) is 18.1. The van der Waals surface area contributed by atoms with Gasteiger partial charge in [0.2, 0.25) is 11.8 Å². The van der Waals surface area contributed by atoms with E-state index in [4.69, 9.17) is 11.6 Å². The lowest BCUT2D eigenvalue weighted by Gasteiger charge is -2.19. The summed E-state index contributed by atoms with van der Waals surface area (Å²) in [6, 6.07) is 11.0. The molecule has 7 heteroatoms. The topological polar surface area (TPSA) is 49.4 Å². The van der Waals surface area contributed by atoms with Crippen LogP contribution in [0.4, 0.5) is 11.4 Å². The number of rotatable bonds is 3. The molecule has 1 heterocycles. The van der Waals surface area contributed by atoms with Gasteiger partial charge in [-0.15, -0.1) is 0 Å². The fourth-order valence-electron chi connectivity index (χ4n) is 2.83. The quantitative estimate of drug-likeness (QED) is 0.651. The fourth-order valence-corrected chi connectivity index (χ4v) is 4.15. The van der Waals surface area contributed by atoms with E-state index in [9.17, 15) is 9.59 Å². The minimum atomic E-state index is -0.401. The summed E-state index contributed by atoms with van der Waals surface area (Å²) in [6.45, 7) is 2.22. The smallest absolute Gasteiger partial charge is 0.229 e. The van der Waals surface area contributed by atoms with Crippen molar-refractivity contribution in [3.63, 3.8) is 0 Å². The summed E-state index contributed by atoms with van der Waals surface area (Å²) in [5.41, 5.74) is 2.28. The van der Waals surface area contributed by atoms with E-state index in [0.29, 0.717) is 17.3 Å². The van der Waals surface area contributed by atoms with Crippen molar-refractivity contribution < 1.29 is 9.59 Å². The second-order valence-electron chi connectivity index (χ2n) is 5.90. The van der Waals surface area contributed by atoms with Gasteiger partial charge in [0.1, 0.15) is 0 Å². The van der Waals surface area contributed by atoms with Crippen LogP contribution in [-0.4, -0.2) is 18.4 Å². The zero-order valence-electron chi connectivity index (χ0n) is 13.4. The van der Waals surface area contributed by atoms with Crippen LogP contribution in [0.2, 0.25) is 5.02 Å². The second kappa shape index (κ2) is 7.48. The second-order valence-corrected chi connectivity index (χ2v) is 8.08. The van der Waals surface area contributed by atoms with E-state index < -0.39 is 5.92 Å². The molecule has 0 aliphatic carbocycles. The van der Waals surface area contributed by atoms with Crippen molar-refractivity contribution in [3.05, 3.63) is 55.9 Å². The van der Waals surface area contributed by atoms with E-state index in [2.05, 4.69) is 37.2 Å². The predicted octanol–water partition coefficient (Wildman–Crippen LogP) is 5.17. The van der Waals surface area contributed by atoms with Crippen LogP contribution in [0, 0.1) is 12.8 Å². The maximum atomic E-state index is 12.6. The molecule has 4 nitrogen and oxygen atoms in total. The molecule has 0 saturated carbocycles. The molecule has 1 saturated heterocycles. The largest absolute Gasteiger partial charge is 0.325 e. The number of anilines is 2. The first kappa shape index (κ1) is 18.4. The molecule has 2 aromatic rings. The zero-order valence-corrected chi connectivity index (χ0v) is 17.3. The summed E-state index contributed by atoms with van der Waals surface area (Å²) in [6.07, 6.45) is 0.186. The number of nitrogens with zero attached hydrogens (tertiary/aromatic N) is 1. The van der Waals surface area contributed by atoms with E-state index in [1.165, 1.54) is 0 Å². The van der Waals surface area contributed by atoms with Crippen LogP contribution in [0.25, 0.3) is 0 Å². The minimum absolute atomic E-state index is 0.0691. The van der Waals surface area contributed by atoms with Crippen LogP contribution >= 0.6 is 43.5 Å². The molecule has 130 valence electrons. The summed E-state index contributed by atoms with van der Waals surface area (Å²) in [7, 11) is 0. The van der Waals surface area contributed by atoms with Crippen molar-refractivity contribution in [1.29, 1.82) is 0 Å². The van der Waals surface area contributed by atoms with Crippen molar-refractivity contribution in [2.75, 3.05) is 16.8 Å². The van der Waals surface area contributed by atoms with Crippen LogP contribution in [0.1, 0.15) is 12.0 Å². The van der Waals surface area contributed by atoms with Crippen molar-refractivity contribution in [2.45, 2.75) is 13.3 Å². The molecular weight excluding hydrogens is 471 g/mol. The van der Waals surface area contributed by atoms with Gasteiger partial charge in [-0.1, -0.05) is 33.6 Å². The Balaban J connectivity index is 1.75. The van der Waals surface area contributed by atoms with Gasteiger partial charge in [0, 0.05) is 32.6 Å². The molecule has 3 rings (SSSR count). The Bertz CT molecular complexity index is 857. The van der Waals surface area contributed by atoms with Gasteiger partial charge >= 0.3 is 0 Å². The molecule has 0 radical (unpaired) electrons. The third-order valence-corrected chi connectivity index (χ3v) is 5.77. The van der Waals surface area contributed by atoms with E-state index in [1.807, 2.05) is 37.3 Å². The Labute approximate surface area is 167 Å². The highest BCUT2D eigenvalue weighted by Crippen LogP contribution is 2.32.